The van der Waals surface area contributed by atoms with E-state index in [-0.39, 0.29) is 11.7 Å². The summed E-state index contributed by atoms with van der Waals surface area (Å²) >= 11 is 0. The van der Waals surface area contributed by atoms with Crippen LogP contribution in [0.15, 0.2) is 66.7 Å². The first-order valence-corrected chi connectivity index (χ1v) is 14.7. The molecule has 7 heteroatoms. The number of aromatic nitrogens is 1. The predicted octanol–water partition coefficient (Wildman–Crippen LogP) is 4.57. The van der Waals surface area contributed by atoms with Crippen LogP contribution in [0.5, 0.6) is 0 Å². The summed E-state index contributed by atoms with van der Waals surface area (Å²) in [6.45, 7) is 10.8. The summed E-state index contributed by atoms with van der Waals surface area (Å²) in [5, 5.41) is 2.39. The summed E-state index contributed by atoms with van der Waals surface area (Å²) in [7, 11) is 2.20. The van der Waals surface area contributed by atoms with Crippen molar-refractivity contribution in [3.8, 4) is 0 Å². The van der Waals surface area contributed by atoms with Gasteiger partial charge in [0.15, 0.2) is 0 Å². The third-order valence-electron chi connectivity index (χ3n) is 8.76. The van der Waals surface area contributed by atoms with E-state index in [2.05, 4.69) is 62.7 Å². The molecule has 3 heterocycles. The Kier molecular flexibility index (Phi) is 8.14. The number of hydrogen-bond donors (Lipinski definition) is 0. The summed E-state index contributed by atoms with van der Waals surface area (Å²) in [4.78, 5) is 22.9. The van der Waals surface area contributed by atoms with Crippen molar-refractivity contribution in [1.82, 2.24) is 24.2 Å². The Morgan fingerprint density at radius 2 is 1.40 bits per heavy atom. The fourth-order valence-electron chi connectivity index (χ4n) is 6.25. The van der Waals surface area contributed by atoms with Crippen LogP contribution in [0, 0.1) is 5.82 Å². The van der Waals surface area contributed by atoms with Gasteiger partial charge in [-0.3, -0.25) is 9.69 Å². The van der Waals surface area contributed by atoms with Crippen molar-refractivity contribution < 1.29 is 9.18 Å². The lowest BCUT2D eigenvalue weighted by Crippen LogP contribution is -2.49. The number of rotatable bonds is 8. The summed E-state index contributed by atoms with van der Waals surface area (Å²) in [6.07, 6.45) is 2.01. The number of likely N-dealkylation sites (N-methyl/N-ethyl adjacent to an activating group) is 1. The number of piperazine rings is 2. The van der Waals surface area contributed by atoms with Crippen molar-refractivity contribution in [3.05, 3.63) is 83.7 Å². The Labute approximate surface area is 236 Å². The smallest absolute Gasteiger partial charge is 0.253 e. The fraction of sp³-hybridized carbons (Fsp3) is 0.424. The Morgan fingerprint density at radius 3 is 2.17 bits per heavy atom. The van der Waals surface area contributed by atoms with Gasteiger partial charge in [-0.1, -0.05) is 30.3 Å². The van der Waals surface area contributed by atoms with Crippen molar-refractivity contribution in [2.75, 3.05) is 72.5 Å². The maximum absolute atomic E-state index is 13.5. The zero-order valence-electron chi connectivity index (χ0n) is 23.6. The van der Waals surface area contributed by atoms with Crippen LogP contribution in [0.25, 0.3) is 21.8 Å². The van der Waals surface area contributed by atoms with Crippen molar-refractivity contribution in [1.29, 1.82) is 0 Å². The Bertz CT molecular complexity index is 1450. The first-order valence-electron chi connectivity index (χ1n) is 14.7. The lowest BCUT2D eigenvalue weighted by Gasteiger charge is -2.34. The normalized spacial score (nSPS) is 17.7. The number of halogens is 1. The molecule has 0 N–H and O–H groups in total. The van der Waals surface area contributed by atoms with E-state index >= 15 is 0 Å². The number of para-hydroxylation sites is 1. The van der Waals surface area contributed by atoms with Crippen LogP contribution in [0.1, 0.15) is 22.3 Å². The van der Waals surface area contributed by atoms with Gasteiger partial charge in [-0.25, -0.2) is 4.39 Å². The Hall–Kier alpha value is -3.26. The molecule has 0 saturated carbocycles. The van der Waals surface area contributed by atoms with Crippen LogP contribution in [0.3, 0.4) is 0 Å². The lowest BCUT2D eigenvalue weighted by molar-refractivity contribution is 0.0638. The summed E-state index contributed by atoms with van der Waals surface area (Å²) in [6, 6.07) is 21.6. The predicted molar refractivity (Wildman–Crippen MR) is 160 cm³/mol. The molecule has 6 rings (SSSR count). The van der Waals surface area contributed by atoms with E-state index in [9.17, 15) is 9.18 Å². The largest absolute Gasteiger partial charge is 0.340 e. The van der Waals surface area contributed by atoms with Gasteiger partial charge in [-0.15, -0.1) is 0 Å². The molecule has 1 amide bonds. The molecule has 2 aliphatic heterocycles. The lowest BCUT2D eigenvalue weighted by atomic mass is 10.1. The molecule has 40 heavy (non-hydrogen) atoms. The van der Waals surface area contributed by atoms with E-state index in [1.54, 1.807) is 0 Å². The van der Waals surface area contributed by atoms with Crippen molar-refractivity contribution in [3.63, 3.8) is 0 Å². The molecule has 0 unspecified atom stereocenters. The zero-order chi connectivity index (χ0) is 27.5. The molecule has 2 aliphatic rings. The number of carbonyl (C=O) groups is 1. The van der Waals surface area contributed by atoms with Crippen LogP contribution in [0.4, 0.5) is 4.39 Å². The van der Waals surface area contributed by atoms with E-state index in [1.807, 2.05) is 23.1 Å². The highest BCUT2D eigenvalue weighted by Crippen LogP contribution is 2.30. The third kappa shape index (κ3) is 5.92. The Morgan fingerprint density at radius 1 is 0.725 bits per heavy atom. The van der Waals surface area contributed by atoms with E-state index in [0.29, 0.717) is 0 Å². The number of benzene rings is 3. The zero-order valence-corrected chi connectivity index (χ0v) is 23.6. The molecule has 2 fully saturated rings. The van der Waals surface area contributed by atoms with Crippen molar-refractivity contribution in [2.24, 2.45) is 0 Å². The summed E-state index contributed by atoms with van der Waals surface area (Å²) in [5.41, 5.74) is 4.37. The molecule has 3 aromatic carbocycles. The van der Waals surface area contributed by atoms with E-state index in [4.69, 9.17) is 0 Å². The van der Waals surface area contributed by atoms with Crippen LogP contribution < -0.4 is 0 Å². The number of fused-ring (bicyclic) bond motifs is 3. The maximum Gasteiger partial charge on any atom is 0.253 e. The molecule has 6 nitrogen and oxygen atoms in total. The standard InChI is InChI=1S/C33H40FN5O/c1-35-17-19-36(20-18-35)14-4-15-39-31-6-3-2-5-29(31)30-25-27(9-12-32(30)39)33(40)38-23-21-37(22-24-38)16-13-26-7-10-28(34)11-8-26/h2-3,5-12,25H,4,13-24H2,1H3. The molecular formula is C33H40FN5O. The van der Waals surface area contributed by atoms with Crippen molar-refractivity contribution >= 4 is 27.7 Å². The van der Waals surface area contributed by atoms with Gasteiger partial charge in [-0.2, -0.15) is 0 Å². The second-order valence-electron chi connectivity index (χ2n) is 11.4. The molecule has 0 spiro atoms. The highest BCUT2D eigenvalue weighted by molar-refractivity contribution is 6.10. The molecule has 0 aliphatic carbocycles. The molecule has 1 aromatic heterocycles. The molecular weight excluding hydrogens is 501 g/mol. The van der Waals surface area contributed by atoms with Crippen LogP contribution in [-0.2, 0) is 13.0 Å². The highest BCUT2D eigenvalue weighted by atomic mass is 19.1. The van der Waals surface area contributed by atoms with E-state index in [1.165, 1.54) is 33.9 Å². The molecule has 210 valence electrons. The number of aryl methyl sites for hydroxylation is 1. The van der Waals surface area contributed by atoms with E-state index < -0.39 is 0 Å². The van der Waals surface area contributed by atoms with Crippen LogP contribution in [0.2, 0.25) is 0 Å². The summed E-state index contributed by atoms with van der Waals surface area (Å²) < 4.78 is 15.6. The summed E-state index contributed by atoms with van der Waals surface area (Å²) in [5.74, 6) is -0.0770. The van der Waals surface area contributed by atoms with Crippen LogP contribution >= 0.6 is 0 Å². The Balaban J connectivity index is 1.10. The second kappa shape index (κ2) is 12.1. The van der Waals surface area contributed by atoms with Gasteiger partial charge in [0.25, 0.3) is 5.91 Å². The quantitative estimate of drug-likeness (QED) is 0.327. The average molecular weight is 542 g/mol. The minimum Gasteiger partial charge on any atom is -0.340 e. The molecule has 2 saturated heterocycles. The second-order valence-corrected chi connectivity index (χ2v) is 11.4. The number of amides is 1. The first kappa shape index (κ1) is 26.9. The minimum atomic E-state index is -0.195. The van der Waals surface area contributed by atoms with E-state index in [0.717, 1.165) is 96.0 Å². The fourth-order valence-corrected chi connectivity index (χ4v) is 6.25. The van der Waals surface area contributed by atoms with Gasteiger partial charge in [-0.05, 0) is 68.4 Å². The molecule has 4 aromatic rings. The highest BCUT2D eigenvalue weighted by Gasteiger charge is 2.23. The minimum absolute atomic E-state index is 0.118. The number of nitrogens with zero attached hydrogens (tertiary/aromatic N) is 5. The maximum atomic E-state index is 13.5. The average Bonchev–Trinajstić information content (AvgIpc) is 3.31. The van der Waals surface area contributed by atoms with Gasteiger partial charge in [0, 0.05) is 92.8 Å². The SMILES string of the molecule is CN1CCN(CCCn2c3ccccc3c3cc(C(=O)N4CCN(CCc5ccc(F)cc5)CC4)ccc32)CC1. The third-order valence-corrected chi connectivity index (χ3v) is 8.76. The van der Waals surface area contributed by atoms with Crippen molar-refractivity contribution in [2.45, 2.75) is 19.4 Å². The molecule has 0 atom stereocenters. The van der Waals surface area contributed by atoms with Gasteiger partial charge >= 0.3 is 0 Å². The number of carbonyl (C=O) groups excluding carboxylic acids is 1. The van der Waals surface area contributed by atoms with Gasteiger partial charge in [0.05, 0.1) is 0 Å². The van der Waals surface area contributed by atoms with Crippen LogP contribution in [-0.4, -0.2) is 103 Å². The monoisotopic (exact) mass is 541 g/mol. The number of hydrogen-bond acceptors (Lipinski definition) is 4. The van der Waals surface area contributed by atoms with Gasteiger partial charge < -0.3 is 19.3 Å². The van der Waals surface area contributed by atoms with Gasteiger partial charge in [0.2, 0.25) is 0 Å². The molecule has 0 radical (unpaired) electrons. The first-order chi connectivity index (χ1) is 19.5. The van der Waals surface area contributed by atoms with Gasteiger partial charge in [0.1, 0.15) is 5.82 Å². The topological polar surface area (TPSA) is 35.0 Å². The molecule has 0 bridgehead atoms.